The Labute approximate surface area is 157 Å². The van der Waals surface area contributed by atoms with E-state index in [1.54, 1.807) is 29.2 Å². The number of nitrogens with zero attached hydrogens (tertiary/aromatic N) is 1. The number of fused-ring (bicyclic) bond motifs is 1. The highest BCUT2D eigenvalue weighted by Gasteiger charge is 2.55. The van der Waals surface area contributed by atoms with E-state index in [4.69, 9.17) is 11.6 Å². The first kappa shape index (κ1) is 17.1. The molecule has 5 heteroatoms. The van der Waals surface area contributed by atoms with Gasteiger partial charge in [0.15, 0.2) is 0 Å². The molecular weight excluding hydrogens is 350 g/mol. The number of carbonyl (C=O) groups excluding carboxylic acids is 1. The molecule has 0 radical (unpaired) electrons. The second-order valence-electron chi connectivity index (χ2n) is 7.19. The van der Waals surface area contributed by atoms with Crippen LogP contribution in [-0.4, -0.2) is 27.4 Å². The largest absolute Gasteiger partial charge is 0.481 e. The Balaban J connectivity index is 1.86. The third-order valence-corrected chi connectivity index (χ3v) is 6.00. The fourth-order valence-corrected chi connectivity index (χ4v) is 4.91. The summed E-state index contributed by atoms with van der Waals surface area (Å²) in [5.74, 6) is -1.64. The summed E-state index contributed by atoms with van der Waals surface area (Å²) in [5, 5.41) is 10.7. The molecule has 1 saturated carbocycles. The summed E-state index contributed by atoms with van der Waals surface area (Å²) >= 11 is 6.11. The number of hydrogen-bond donors (Lipinski definition) is 1. The highest BCUT2D eigenvalue weighted by molar-refractivity contribution is 6.30. The topological polar surface area (TPSA) is 57.6 Å². The Hall–Kier alpha value is -2.33. The van der Waals surface area contributed by atoms with Crippen LogP contribution in [-0.2, 0) is 11.3 Å². The van der Waals surface area contributed by atoms with Crippen LogP contribution in [0.15, 0.2) is 48.5 Å². The van der Waals surface area contributed by atoms with Crippen LogP contribution >= 0.6 is 11.6 Å². The van der Waals surface area contributed by atoms with Crippen LogP contribution in [0.4, 0.5) is 0 Å². The number of rotatable bonds is 3. The summed E-state index contributed by atoms with van der Waals surface area (Å²) in [6.45, 7) is 0.373. The molecule has 2 aromatic carbocycles. The molecule has 1 unspecified atom stereocenters. The molecule has 4 rings (SSSR count). The maximum absolute atomic E-state index is 13.3. The number of halogens is 1. The zero-order valence-electron chi connectivity index (χ0n) is 14.3. The first-order valence-electron chi connectivity index (χ1n) is 8.91. The Morgan fingerprint density at radius 1 is 1.15 bits per heavy atom. The van der Waals surface area contributed by atoms with Gasteiger partial charge in [-0.1, -0.05) is 54.8 Å². The second-order valence-corrected chi connectivity index (χ2v) is 7.63. The SMILES string of the molecule is O=C(O)C1c2ccccc2C(=O)N(Cc2cccc(Cl)c2)C12CCCC2. The summed E-state index contributed by atoms with van der Waals surface area (Å²) in [5.41, 5.74) is 1.40. The van der Waals surface area contributed by atoms with Crippen molar-refractivity contribution in [2.75, 3.05) is 0 Å². The quantitative estimate of drug-likeness (QED) is 0.867. The highest BCUT2D eigenvalue weighted by Crippen LogP contribution is 2.50. The molecule has 0 saturated heterocycles. The van der Waals surface area contributed by atoms with Crippen molar-refractivity contribution >= 4 is 23.5 Å². The van der Waals surface area contributed by atoms with Crippen molar-refractivity contribution in [1.29, 1.82) is 0 Å². The average Bonchev–Trinajstić information content (AvgIpc) is 3.08. The Kier molecular flexibility index (Phi) is 4.23. The minimum Gasteiger partial charge on any atom is -0.481 e. The monoisotopic (exact) mass is 369 g/mol. The lowest BCUT2D eigenvalue weighted by molar-refractivity contribution is -0.143. The Morgan fingerprint density at radius 3 is 2.58 bits per heavy atom. The molecular formula is C21H20ClNO3. The van der Waals surface area contributed by atoms with E-state index in [1.165, 1.54) is 0 Å². The van der Waals surface area contributed by atoms with Crippen LogP contribution < -0.4 is 0 Å². The molecule has 134 valence electrons. The van der Waals surface area contributed by atoms with Gasteiger partial charge in [-0.05, 0) is 42.2 Å². The van der Waals surface area contributed by atoms with Gasteiger partial charge in [0, 0.05) is 17.1 Å². The smallest absolute Gasteiger partial charge is 0.313 e. The van der Waals surface area contributed by atoms with Gasteiger partial charge in [-0.15, -0.1) is 0 Å². The Bertz CT molecular complexity index is 873. The van der Waals surface area contributed by atoms with Crippen molar-refractivity contribution in [3.63, 3.8) is 0 Å². The molecule has 1 N–H and O–H groups in total. The number of benzene rings is 2. The minimum atomic E-state index is -0.858. The molecule has 2 aliphatic rings. The molecule has 1 spiro atoms. The number of carbonyl (C=O) groups is 2. The fourth-order valence-electron chi connectivity index (χ4n) is 4.69. The van der Waals surface area contributed by atoms with Crippen molar-refractivity contribution in [3.8, 4) is 0 Å². The van der Waals surface area contributed by atoms with Crippen molar-refractivity contribution in [2.45, 2.75) is 43.7 Å². The number of aliphatic carboxylic acids is 1. The summed E-state index contributed by atoms with van der Waals surface area (Å²) in [7, 11) is 0. The predicted molar refractivity (Wildman–Crippen MR) is 99.3 cm³/mol. The van der Waals surface area contributed by atoms with Gasteiger partial charge in [0.05, 0.1) is 5.54 Å². The lowest BCUT2D eigenvalue weighted by Crippen LogP contribution is -2.58. The first-order valence-corrected chi connectivity index (χ1v) is 9.29. The number of hydrogen-bond acceptors (Lipinski definition) is 2. The van der Waals surface area contributed by atoms with Gasteiger partial charge in [-0.2, -0.15) is 0 Å². The van der Waals surface area contributed by atoms with Gasteiger partial charge in [-0.3, -0.25) is 9.59 Å². The van der Waals surface area contributed by atoms with Crippen molar-refractivity contribution < 1.29 is 14.7 Å². The normalized spacial score (nSPS) is 21.0. The van der Waals surface area contributed by atoms with Gasteiger partial charge in [0.1, 0.15) is 5.92 Å². The van der Waals surface area contributed by atoms with E-state index >= 15 is 0 Å². The van der Waals surface area contributed by atoms with Crippen molar-refractivity contribution in [2.24, 2.45) is 0 Å². The molecule has 0 bridgehead atoms. The molecule has 1 heterocycles. The molecule has 2 aromatic rings. The van der Waals surface area contributed by atoms with Gasteiger partial charge in [0.25, 0.3) is 5.91 Å². The molecule has 0 aromatic heterocycles. The summed E-state index contributed by atoms with van der Waals surface area (Å²) in [6.07, 6.45) is 3.30. The van der Waals surface area contributed by atoms with E-state index in [0.29, 0.717) is 35.5 Å². The third kappa shape index (κ3) is 2.60. The van der Waals surface area contributed by atoms with E-state index in [9.17, 15) is 14.7 Å². The fraction of sp³-hybridized carbons (Fsp3) is 0.333. The number of carboxylic acids is 1. The number of carboxylic acid groups (broad SMARTS) is 1. The first-order chi connectivity index (χ1) is 12.5. The van der Waals surface area contributed by atoms with Crippen LogP contribution in [0.5, 0.6) is 0 Å². The summed E-state index contributed by atoms with van der Waals surface area (Å²) in [6, 6.07) is 14.6. The molecule has 26 heavy (non-hydrogen) atoms. The van der Waals surface area contributed by atoms with Crippen LogP contribution in [0.25, 0.3) is 0 Å². The standard InChI is InChI=1S/C21H20ClNO3/c22-15-7-5-6-14(12-15)13-23-19(24)17-9-2-1-8-16(17)18(20(25)26)21(23)10-3-4-11-21/h1-2,5-9,12,18H,3-4,10-11,13H2,(H,25,26). The van der Waals surface area contributed by atoms with Gasteiger partial charge in [0.2, 0.25) is 0 Å². The van der Waals surface area contributed by atoms with Gasteiger partial charge >= 0.3 is 5.97 Å². The van der Waals surface area contributed by atoms with Crippen molar-refractivity contribution in [3.05, 3.63) is 70.2 Å². The van der Waals surface area contributed by atoms with E-state index in [-0.39, 0.29) is 5.91 Å². The molecule has 1 atom stereocenters. The molecule has 1 aliphatic carbocycles. The van der Waals surface area contributed by atoms with Crippen LogP contribution in [0, 0.1) is 0 Å². The zero-order valence-corrected chi connectivity index (χ0v) is 15.1. The average molecular weight is 370 g/mol. The third-order valence-electron chi connectivity index (χ3n) is 5.77. The van der Waals surface area contributed by atoms with E-state index in [2.05, 4.69) is 0 Å². The van der Waals surface area contributed by atoms with Gasteiger partial charge < -0.3 is 10.0 Å². The van der Waals surface area contributed by atoms with Crippen molar-refractivity contribution in [1.82, 2.24) is 4.90 Å². The predicted octanol–water partition coefficient (Wildman–Crippen LogP) is 4.48. The van der Waals surface area contributed by atoms with E-state index in [1.807, 2.05) is 24.3 Å². The zero-order chi connectivity index (χ0) is 18.3. The number of amides is 1. The summed E-state index contributed by atoms with van der Waals surface area (Å²) < 4.78 is 0. The molecule has 1 aliphatic heterocycles. The lowest BCUT2D eigenvalue weighted by atomic mass is 9.71. The van der Waals surface area contributed by atoms with Crippen LogP contribution in [0.1, 0.15) is 53.1 Å². The maximum atomic E-state index is 13.3. The molecule has 1 amide bonds. The second kappa shape index (κ2) is 6.44. The van der Waals surface area contributed by atoms with E-state index < -0.39 is 17.4 Å². The minimum absolute atomic E-state index is 0.0834. The molecule has 1 fully saturated rings. The molecule has 4 nitrogen and oxygen atoms in total. The van der Waals surface area contributed by atoms with Crippen LogP contribution in [0.3, 0.4) is 0 Å². The Morgan fingerprint density at radius 2 is 1.88 bits per heavy atom. The lowest BCUT2D eigenvalue weighted by Gasteiger charge is -2.49. The maximum Gasteiger partial charge on any atom is 0.313 e. The highest BCUT2D eigenvalue weighted by atomic mass is 35.5. The summed E-state index contributed by atoms with van der Waals surface area (Å²) in [4.78, 5) is 27.4. The van der Waals surface area contributed by atoms with Crippen LogP contribution in [0.2, 0.25) is 5.02 Å². The van der Waals surface area contributed by atoms with E-state index in [0.717, 1.165) is 18.4 Å². The van der Waals surface area contributed by atoms with Gasteiger partial charge in [-0.25, -0.2) is 0 Å².